The monoisotopic (exact) mass is 295 g/mol. The molecule has 0 spiro atoms. The number of aromatic nitrogens is 5. The van der Waals surface area contributed by atoms with E-state index in [-0.39, 0.29) is 0 Å². The molecule has 2 aromatic heterocycles. The van der Waals surface area contributed by atoms with Crippen molar-refractivity contribution in [1.82, 2.24) is 30.1 Å². The van der Waals surface area contributed by atoms with Crippen LogP contribution >= 0.6 is 0 Å². The van der Waals surface area contributed by atoms with Crippen molar-refractivity contribution >= 4 is 16.9 Å². The Morgan fingerprint density at radius 1 is 0.955 bits per heavy atom. The maximum Gasteiger partial charge on any atom is 0.190 e. The minimum absolute atomic E-state index is 0.745. The molecule has 0 N–H and O–H groups in total. The second-order valence-electron chi connectivity index (χ2n) is 5.53. The Morgan fingerprint density at radius 2 is 1.73 bits per heavy atom. The van der Waals surface area contributed by atoms with Crippen molar-refractivity contribution in [2.75, 3.05) is 38.1 Å². The molecular formula is C15H17N7. The van der Waals surface area contributed by atoms with Crippen molar-refractivity contribution in [3.63, 3.8) is 0 Å². The number of rotatable bonds is 2. The molecule has 0 atom stereocenters. The summed E-state index contributed by atoms with van der Waals surface area (Å²) in [4.78, 5) is 4.57. The van der Waals surface area contributed by atoms with E-state index in [1.807, 2.05) is 41.2 Å². The maximum atomic E-state index is 4.47. The van der Waals surface area contributed by atoms with Gasteiger partial charge in [0.25, 0.3) is 0 Å². The molecule has 4 rings (SSSR count). The van der Waals surface area contributed by atoms with Gasteiger partial charge in [0, 0.05) is 26.2 Å². The summed E-state index contributed by atoms with van der Waals surface area (Å²) in [5.74, 6) is 0.875. The summed E-state index contributed by atoms with van der Waals surface area (Å²) in [5, 5.41) is 17.8. The van der Waals surface area contributed by atoms with Gasteiger partial charge in [0.2, 0.25) is 0 Å². The quantitative estimate of drug-likeness (QED) is 0.702. The molecule has 0 amide bonds. The van der Waals surface area contributed by atoms with Crippen molar-refractivity contribution in [3.05, 3.63) is 36.5 Å². The summed E-state index contributed by atoms with van der Waals surface area (Å²) in [6.07, 6.45) is 1.83. The van der Waals surface area contributed by atoms with Crippen LogP contribution in [0.15, 0.2) is 36.5 Å². The molecule has 1 fully saturated rings. The number of para-hydroxylation sites is 1. The first-order valence-electron chi connectivity index (χ1n) is 7.39. The molecule has 0 bridgehead atoms. The molecule has 112 valence electrons. The molecule has 7 nitrogen and oxygen atoms in total. The van der Waals surface area contributed by atoms with Crippen LogP contribution in [0, 0.1) is 0 Å². The molecular weight excluding hydrogens is 278 g/mol. The number of piperazine rings is 1. The highest BCUT2D eigenvalue weighted by atomic mass is 15.4. The second kappa shape index (κ2) is 5.34. The molecule has 0 radical (unpaired) electrons. The number of hydrogen-bond acceptors (Lipinski definition) is 6. The number of fused-ring (bicyclic) bond motifs is 1. The highest BCUT2D eigenvalue weighted by molar-refractivity contribution is 5.87. The highest BCUT2D eigenvalue weighted by Crippen LogP contribution is 2.24. The molecule has 1 aliphatic heterocycles. The second-order valence-corrected chi connectivity index (χ2v) is 5.53. The standard InChI is InChI=1S/C15H17N7/c1-20-7-9-21(10-8-20)14-13-11-16-22(15(13)18-19-17-14)12-5-3-2-4-6-12/h2-6,11H,7-10H2,1H3. The molecule has 1 aromatic carbocycles. The van der Waals surface area contributed by atoms with Gasteiger partial charge in [-0.2, -0.15) is 5.10 Å². The number of anilines is 1. The van der Waals surface area contributed by atoms with Crippen molar-refractivity contribution in [1.29, 1.82) is 0 Å². The first kappa shape index (κ1) is 13.1. The molecule has 3 aromatic rings. The van der Waals surface area contributed by atoms with Gasteiger partial charge in [-0.1, -0.05) is 18.2 Å². The Balaban J connectivity index is 1.77. The summed E-state index contributed by atoms with van der Waals surface area (Å²) in [7, 11) is 2.14. The van der Waals surface area contributed by atoms with Gasteiger partial charge >= 0.3 is 0 Å². The topological polar surface area (TPSA) is 63.0 Å². The van der Waals surface area contributed by atoms with E-state index in [1.165, 1.54) is 0 Å². The largest absolute Gasteiger partial charge is 0.352 e. The van der Waals surface area contributed by atoms with E-state index < -0.39 is 0 Å². The zero-order valence-electron chi connectivity index (χ0n) is 12.4. The van der Waals surface area contributed by atoms with E-state index in [9.17, 15) is 0 Å². The Kier molecular flexibility index (Phi) is 3.19. The zero-order chi connectivity index (χ0) is 14.9. The Morgan fingerprint density at radius 3 is 2.50 bits per heavy atom. The van der Waals surface area contributed by atoms with Crippen molar-refractivity contribution < 1.29 is 0 Å². The SMILES string of the molecule is CN1CCN(c2nnnc3c2cnn3-c2ccccc2)CC1. The molecule has 0 aliphatic carbocycles. The molecule has 22 heavy (non-hydrogen) atoms. The van der Waals surface area contributed by atoms with Gasteiger partial charge in [-0.15, -0.1) is 10.2 Å². The lowest BCUT2D eigenvalue weighted by Crippen LogP contribution is -2.45. The van der Waals surface area contributed by atoms with Crippen LogP contribution in [0.5, 0.6) is 0 Å². The fraction of sp³-hybridized carbons (Fsp3) is 0.333. The summed E-state index contributed by atoms with van der Waals surface area (Å²) < 4.78 is 1.81. The highest BCUT2D eigenvalue weighted by Gasteiger charge is 2.20. The third-order valence-electron chi connectivity index (χ3n) is 4.07. The van der Waals surface area contributed by atoms with Crippen LogP contribution in [0.25, 0.3) is 16.7 Å². The average Bonchev–Trinajstić information content (AvgIpc) is 3.00. The van der Waals surface area contributed by atoms with Gasteiger partial charge in [0.1, 0.15) is 0 Å². The van der Waals surface area contributed by atoms with Crippen LogP contribution in [0.2, 0.25) is 0 Å². The van der Waals surface area contributed by atoms with Crippen LogP contribution in [0.4, 0.5) is 5.82 Å². The molecule has 1 saturated heterocycles. The maximum absolute atomic E-state index is 4.47. The van der Waals surface area contributed by atoms with Crippen LogP contribution in [-0.4, -0.2) is 63.3 Å². The van der Waals surface area contributed by atoms with Gasteiger partial charge in [0.05, 0.1) is 17.3 Å². The summed E-state index contributed by atoms with van der Waals surface area (Å²) >= 11 is 0. The Bertz CT molecular complexity index is 775. The van der Waals surface area contributed by atoms with E-state index in [0.717, 1.165) is 48.7 Å². The van der Waals surface area contributed by atoms with Gasteiger partial charge in [-0.25, -0.2) is 4.68 Å². The predicted octanol–water partition coefficient (Wildman–Crippen LogP) is 0.962. The van der Waals surface area contributed by atoms with Gasteiger partial charge in [-0.3, -0.25) is 0 Å². The van der Waals surface area contributed by atoms with Gasteiger partial charge in [-0.05, 0) is 24.4 Å². The fourth-order valence-electron chi connectivity index (χ4n) is 2.77. The molecule has 1 aliphatic rings. The minimum atomic E-state index is 0.745. The van der Waals surface area contributed by atoms with E-state index >= 15 is 0 Å². The molecule has 7 heteroatoms. The third-order valence-corrected chi connectivity index (χ3v) is 4.07. The fourth-order valence-corrected chi connectivity index (χ4v) is 2.77. The van der Waals surface area contributed by atoms with Crippen LogP contribution in [0.1, 0.15) is 0 Å². The zero-order valence-corrected chi connectivity index (χ0v) is 12.4. The van der Waals surface area contributed by atoms with Crippen LogP contribution in [-0.2, 0) is 0 Å². The number of nitrogens with zero attached hydrogens (tertiary/aromatic N) is 7. The Hall–Kier alpha value is -2.54. The minimum Gasteiger partial charge on any atom is -0.352 e. The summed E-state index contributed by atoms with van der Waals surface area (Å²) in [5.41, 5.74) is 1.72. The molecule has 3 heterocycles. The normalized spacial score (nSPS) is 16.3. The number of hydrogen-bond donors (Lipinski definition) is 0. The lowest BCUT2D eigenvalue weighted by Gasteiger charge is -2.32. The van der Waals surface area contributed by atoms with Crippen LogP contribution < -0.4 is 4.90 Å². The summed E-state index contributed by atoms with van der Waals surface area (Å²) in [6.45, 7) is 3.94. The van der Waals surface area contributed by atoms with Crippen molar-refractivity contribution in [2.45, 2.75) is 0 Å². The molecule has 0 unspecified atom stereocenters. The van der Waals surface area contributed by atoms with Crippen molar-refractivity contribution in [3.8, 4) is 5.69 Å². The smallest absolute Gasteiger partial charge is 0.190 e. The average molecular weight is 295 g/mol. The van der Waals surface area contributed by atoms with Gasteiger partial charge < -0.3 is 9.80 Å². The predicted molar refractivity (Wildman–Crippen MR) is 84.2 cm³/mol. The van der Waals surface area contributed by atoms with E-state index in [1.54, 1.807) is 0 Å². The van der Waals surface area contributed by atoms with Crippen molar-refractivity contribution in [2.24, 2.45) is 0 Å². The third kappa shape index (κ3) is 2.19. The number of benzene rings is 1. The first-order chi connectivity index (χ1) is 10.8. The van der Waals surface area contributed by atoms with E-state index in [2.05, 4.69) is 37.4 Å². The Labute approximate surface area is 128 Å². The van der Waals surface area contributed by atoms with E-state index in [0.29, 0.717) is 0 Å². The van der Waals surface area contributed by atoms with E-state index in [4.69, 9.17) is 0 Å². The lowest BCUT2D eigenvalue weighted by atomic mass is 10.3. The first-order valence-corrected chi connectivity index (χ1v) is 7.39. The van der Waals surface area contributed by atoms with Crippen LogP contribution in [0.3, 0.4) is 0 Å². The lowest BCUT2D eigenvalue weighted by molar-refractivity contribution is 0.312. The number of likely N-dealkylation sites (N-methyl/N-ethyl adjacent to an activating group) is 1. The van der Waals surface area contributed by atoms with Gasteiger partial charge in [0.15, 0.2) is 11.5 Å². The summed E-state index contributed by atoms with van der Waals surface area (Å²) in [6, 6.07) is 9.96. The molecule has 0 saturated carbocycles.